The fraction of sp³-hybridized carbons (Fsp3) is 0.524. The van der Waals surface area contributed by atoms with E-state index in [-0.39, 0.29) is 5.91 Å². The largest absolute Gasteiger partial charge is 0.447 e. The van der Waals surface area contributed by atoms with Gasteiger partial charge in [0, 0.05) is 39.3 Å². The van der Waals surface area contributed by atoms with E-state index < -0.39 is 0 Å². The van der Waals surface area contributed by atoms with E-state index in [9.17, 15) is 4.79 Å². The van der Waals surface area contributed by atoms with E-state index in [1.165, 1.54) is 17.4 Å². The van der Waals surface area contributed by atoms with Crippen LogP contribution in [0.5, 0.6) is 0 Å². The molecule has 0 unspecified atom stereocenters. The number of nitrogens with one attached hydrogen (secondary N) is 1. The van der Waals surface area contributed by atoms with Crippen molar-refractivity contribution in [3.05, 3.63) is 53.2 Å². The standard InChI is InChI=1S/C21H30N4O3/c1-3-22-21(26)19-16-28-20(23-19)15-25(9-8-24-10-12-27-13-11-24)14-18-6-4-17(2)5-7-18/h4-7,16H,3,8-15H2,1-2H3,(H,22,26). The summed E-state index contributed by atoms with van der Waals surface area (Å²) >= 11 is 0. The van der Waals surface area contributed by atoms with Gasteiger partial charge in [0.1, 0.15) is 6.26 Å². The van der Waals surface area contributed by atoms with Crippen LogP contribution in [0.3, 0.4) is 0 Å². The van der Waals surface area contributed by atoms with E-state index in [0.717, 1.165) is 45.9 Å². The summed E-state index contributed by atoms with van der Waals surface area (Å²) in [6, 6.07) is 8.58. The van der Waals surface area contributed by atoms with Crippen molar-refractivity contribution in [3.8, 4) is 0 Å². The van der Waals surface area contributed by atoms with Crippen molar-refractivity contribution in [1.82, 2.24) is 20.1 Å². The number of benzene rings is 1. The Kier molecular flexibility index (Phi) is 7.59. The van der Waals surface area contributed by atoms with Crippen LogP contribution < -0.4 is 5.32 Å². The van der Waals surface area contributed by atoms with Gasteiger partial charge in [-0.15, -0.1) is 0 Å². The Balaban J connectivity index is 1.64. The first kappa shape index (κ1) is 20.5. The summed E-state index contributed by atoms with van der Waals surface area (Å²) in [4.78, 5) is 21.0. The second-order valence-electron chi connectivity index (χ2n) is 7.14. The Morgan fingerprint density at radius 1 is 1.21 bits per heavy atom. The van der Waals surface area contributed by atoms with E-state index in [4.69, 9.17) is 9.15 Å². The van der Waals surface area contributed by atoms with Gasteiger partial charge in [-0.05, 0) is 19.4 Å². The number of hydrogen-bond donors (Lipinski definition) is 1. The Morgan fingerprint density at radius 3 is 2.68 bits per heavy atom. The molecule has 28 heavy (non-hydrogen) atoms. The number of morpholine rings is 1. The number of carbonyl (C=O) groups excluding carboxylic acids is 1. The van der Waals surface area contributed by atoms with Crippen molar-refractivity contribution >= 4 is 5.91 Å². The average Bonchev–Trinajstić information content (AvgIpc) is 3.17. The van der Waals surface area contributed by atoms with Crippen molar-refractivity contribution in [2.24, 2.45) is 0 Å². The molecule has 7 heteroatoms. The minimum atomic E-state index is -0.198. The van der Waals surface area contributed by atoms with Crippen LogP contribution in [0.2, 0.25) is 0 Å². The lowest BCUT2D eigenvalue weighted by molar-refractivity contribution is 0.0320. The highest BCUT2D eigenvalue weighted by Crippen LogP contribution is 2.12. The van der Waals surface area contributed by atoms with Gasteiger partial charge in [-0.25, -0.2) is 4.98 Å². The van der Waals surface area contributed by atoms with Crippen LogP contribution in [-0.2, 0) is 17.8 Å². The summed E-state index contributed by atoms with van der Waals surface area (Å²) in [5.74, 6) is 0.367. The zero-order valence-electron chi connectivity index (χ0n) is 16.8. The second kappa shape index (κ2) is 10.4. The Labute approximate surface area is 166 Å². The first-order valence-electron chi connectivity index (χ1n) is 9.94. The summed E-state index contributed by atoms with van der Waals surface area (Å²) in [7, 11) is 0. The van der Waals surface area contributed by atoms with Crippen LogP contribution in [0.4, 0.5) is 0 Å². The van der Waals surface area contributed by atoms with Gasteiger partial charge in [-0.3, -0.25) is 14.6 Å². The van der Waals surface area contributed by atoms with E-state index in [1.807, 2.05) is 6.92 Å². The van der Waals surface area contributed by atoms with Crippen LogP contribution in [0.15, 0.2) is 34.9 Å². The Bertz CT molecular complexity index is 738. The lowest BCUT2D eigenvalue weighted by Gasteiger charge is -2.29. The number of hydrogen-bond acceptors (Lipinski definition) is 6. The summed E-state index contributed by atoms with van der Waals surface area (Å²) < 4.78 is 11.0. The molecule has 152 valence electrons. The van der Waals surface area contributed by atoms with Gasteiger partial charge in [0.05, 0.1) is 19.8 Å². The molecule has 0 spiro atoms. The van der Waals surface area contributed by atoms with Crippen LogP contribution in [0.1, 0.15) is 34.4 Å². The van der Waals surface area contributed by atoms with Crippen molar-refractivity contribution < 1.29 is 13.9 Å². The number of ether oxygens (including phenoxy) is 1. The van der Waals surface area contributed by atoms with Gasteiger partial charge in [-0.1, -0.05) is 29.8 Å². The van der Waals surface area contributed by atoms with Gasteiger partial charge in [0.2, 0.25) is 5.89 Å². The predicted octanol–water partition coefficient (Wildman–Crippen LogP) is 2.07. The van der Waals surface area contributed by atoms with Crippen molar-refractivity contribution in [1.29, 1.82) is 0 Å². The molecule has 2 aromatic rings. The van der Waals surface area contributed by atoms with Crippen LogP contribution in [-0.4, -0.2) is 66.6 Å². The molecule has 1 saturated heterocycles. The van der Waals surface area contributed by atoms with Gasteiger partial charge >= 0.3 is 0 Å². The molecule has 3 rings (SSSR count). The smallest absolute Gasteiger partial charge is 0.273 e. The minimum Gasteiger partial charge on any atom is -0.447 e. The molecule has 1 aliphatic rings. The number of oxazole rings is 1. The highest BCUT2D eigenvalue weighted by Gasteiger charge is 2.17. The monoisotopic (exact) mass is 386 g/mol. The molecule has 0 radical (unpaired) electrons. The third-order valence-electron chi connectivity index (χ3n) is 4.84. The number of nitrogens with zero attached hydrogens (tertiary/aromatic N) is 3. The second-order valence-corrected chi connectivity index (χ2v) is 7.14. The third-order valence-corrected chi connectivity index (χ3v) is 4.84. The molecule has 0 atom stereocenters. The fourth-order valence-electron chi connectivity index (χ4n) is 3.20. The number of amides is 1. The topological polar surface area (TPSA) is 70.8 Å². The van der Waals surface area contributed by atoms with Crippen LogP contribution in [0.25, 0.3) is 0 Å². The van der Waals surface area contributed by atoms with E-state index in [0.29, 0.717) is 24.7 Å². The molecule has 2 heterocycles. The van der Waals surface area contributed by atoms with Crippen molar-refractivity contribution in [3.63, 3.8) is 0 Å². The van der Waals surface area contributed by atoms with Gasteiger partial charge in [0.15, 0.2) is 5.69 Å². The molecule has 0 aliphatic carbocycles. The molecule has 1 fully saturated rings. The summed E-state index contributed by atoms with van der Waals surface area (Å²) in [6.07, 6.45) is 1.44. The predicted molar refractivity (Wildman–Crippen MR) is 107 cm³/mol. The SMILES string of the molecule is CCNC(=O)c1coc(CN(CCN2CCOCC2)Cc2ccc(C)cc2)n1. The maximum atomic E-state index is 11.9. The molecule has 0 bridgehead atoms. The first-order chi connectivity index (χ1) is 13.6. The molecular weight excluding hydrogens is 356 g/mol. The van der Waals surface area contributed by atoms with E-state index in [2.05, 4.69) is 51.3 Å². The highest BCUT2D eigenvalue weighted by molar-refractivity contribution is 5.91. The molecule has 1 aliphatic heterocycles. The lowest BCUT2D eigenvalue weighted by Crippen LogP contribution is -2.41. The molecule has 1 amide bonds. The lowest BCUT2D eigenvalue weighted by atomic mass is 10.1. The van der Waals surface area contributed by atoms with Crippen LogP contribution >= 0.6 is 0 Å². The normalized spacial score (nSPS) is 15.1. The summed E-state index contributed by atoms with van der Waals surface area (Å²) in [6.45, 7) is 11.3. The zero-order chi connectivity index (χ0) is 19.8. The fourth-order valence-corrected chi connectivity index (χ4v) is 3.20. The van der Waals surface area contributed by atoms with Gasteiger partial charge < -0.3 is 14.5 Å². The quantitative estimate of drug-likeness (QED) is 0.711. The average molecular weight is 386 g/mol. The number of rotatable bonds is 9. The molecule has 0 saturated carbocycles. The van der Waals surface area contributed by atoms with Crippen molar-refractivity contribution in [2.45, 2.75) is 26.9 Å². The zero-order valence-corrected chi connectivity index (χ0v) is 16.8. The third kappa shape index (κ3) is 6.15. The van der Waals surface area contributed by atoms with Crippen molar-refractivity contribution in [2.75, 3.05) is 45.9 Å². The first-order valence-corrected chi connectivity index (χ1v) is 9.94. The molecule has 7 nitrogen and oxygen atoms in total. The molecule has 1 aromatic heterocycles. The van der Waals surface area contributed by atoms with Gasteiger partial charge in [-0.2, -0.15) is 0 Å². The van der Waals surface area contributed by atoms with E-state index >= 15 is 0 Å². The highest BCUT2D eigenvalue weighted by atomic mass is 16.5. The summed E-state index contributed by atoms with van der Waals surface area (Å²) in [5.41, 5.74) is 2.84. The van der Waals surface area contributed by atoms with Crippen LogP contribution in [0, 0.1) is 6.92 Å². The maximum absolute atomic E-state index is 11.9. The van der Waals surface area contributed by atoms with Gasteiger partial charge in [0.25, 0.3) is 5.91 Å². The molecule has 1 N–H and O–H groups in total. The number of aromatic nitrogens is 1. The minimum absolute atomic E-state index is 0.198. The molecule has 1 aromatic carbocycles. The maximum Gasteiger partial charge on any atom is 0.273 e. The van der Waals surface area contributed by atoms with E-state index in [1.54, 1.807) is 0 Å². The molecular formula is C21H30N4O3. The summed E-state index contributed by atoms with van der Waals surface area (Å²) in [5, 5.41) is 2.75. The number of aryl methyl sites for hydroxylation is 1. The number of carbonyl (C=O) groups is 1. The Hall–Kier alpha value is -2.22. The Morgan fingerprint density at radius 2 is 1.96 bits per heavy atom.